The Morgan fingerprint density at radius 3 is 1.07 bits per heavy atom. The zero-order valence-electron chi connectivity index (χ0n) is 49.8. The lowest BCUT2D eigenvalue weighted by molar-refractivity contribution is -0.143. The second-order valence-electron chi connectivity index (χ2n) is 22.8. The first-order chi connectivity index (χ1) is 36.5. The van der Waals surface area contributed by atoms with Crippen LogP contribution in [-0.4, -0.2) is 47.4 Å². The SMILES string of the molecule is CCCCC/C=C\C/C=C\CCCCCCCC(=O)OCCCCCCCCCCCCCC/C=C\CCCCCCCCCCCCCCC(=O)NC(CO)C(O)CCCCCCCCCCCCCCCC. The minimum atomic E-state index is -0.664. The minimum Gasteiger partial charge on any atom is -0.466 e. The number of allylic oxidation sites excluding steroid dienone is 6. The van der Waals surface area contributed by atoms with Crippen LogP contribution in [0.15, 0.2) is 36.5 Å². The number of carbonyl (C=O) groups excluding carboxylic acids is 2. The van der Waals surface area contributed by atoms with Crippen molar-refractivity contribution in [3.8, 4) is 0 Å². The standard InChI is InChI=1S/C68H129NO5/c1-3-5-7-9-11-13-15-17-33-38-42-46-50-54-58-62-68(73)74-63-59-55-51-47-43-39-35-32-30-28-26-24-22-20-19-21-23-25-27-29-31-34-37-41-45-49-53-57-61-67(72)69-65(64-70)66(71)60-56-52-48-44-40-36-18-16-14-12-10-8-6-4-2/h11,13,17,19-20,33,65-66,70-71H,3-10,12,14-16,18,21-32,34-64H2,1-2H3,(H,69,72)/b13-11-,20-19-,33-17-. The first-order valence-electron chi connectivity index (χ1n) is 33.2. The van der Waals surface area contributed by atoms with Crippen molar-refractivity contribution in [2.45, 2.75) is 373 Å². The van der Waals surface area contributed by atoms with Crippen molar-refractivity contribution in [2.24, 2.45) is 0 Å². The molecule has 0 aliphatic carbocycles. The third kappa shape index (κ3) is 59.3. The molecular weight excluding hydrogens is 911 g/mol. The summed E-state index contributed by atoms with van der Waals surface area (Å²) < 4.78 is 5.48. The second kappa shape index (κ2) is 63.6. The smallest absolute Gasteiger partial charge is 0.305 e. The molecule has 0 rings (SSSR count). The van der Waals surface area contributed by atoms with Gasteiger partial charge in [0.15, 0.2) is 0 Å². The molecule has 0 fully saturated rings. The molecule has 2 unspecified atom stereocenters. The summed E-state index contributed by atoms with van der Waals surface area (Å²) in [4.78, 5) is 24.5. The van der Waals surface area contributed by atoms with Crippen LogP contribution in [0.25, 0.3) is 0 Å². The lowest BCUT2D eigenvalue weighted by Crippen LogP contribution is -2.45. The zero-order chi connectivity index (χ0) is 53.6. The van der Waals surface area contributed by atoms with E-state index in [1.807, 2.05) is 0 Å². The molecule has 6 nitrogen and oxygen atoms in total. The first-order valence-corrected chi connectivity index (χ1v) is 33.2. The average Bonchev–Trinajstić information content (AvgIpc) is 3.40. The minimum absolute atomic E-state index is 0.00196. The maximum Gasteiger partial charge on any atom is 0.305 e. The third-order valence-corrected chi connectivity index (χ3v) is 15.4. The number of hydrogen-bond donors (Lipinski definition) is 3. The monoisotopic (exact) mass is 1040 g/mol. The molecule has 0 aliphatic heterocycles. The fourth-order valence-corrected chi connectivity index (χ4v) is 10.3. The van der Waals surface area contributed by atoms with E-state index in [0.717, 1.165) is 51.4 Å². The van der Waals surface area contributed by atoms with Gasteiger partial charge in [0.1, 0.15) is 0 Å². The van der Waals surface area contributed by atoms with Gasteiger partial charge in [0.25, 0.3) is 0 Å². The normalized spacial score (nSPS) is 12.8. The molecule has 436 valence electrons. The summed E-state index contributed by atoms with van der Waals surface area (Å²) in [5, 5.41) is 23.3. The maximum absolute atomic E-state index is 12.5. The molecule has 0 bridgehead atoms. The van der Waals surface area contributed by atoms with Gasteiger partial charge >= 0.3 is 5.97 Å². The first kappa shape index (κ1) is 72.1. The molecule has 6 heteroatoms. The van der Waals surface area contributed by atoms with Crippen LogP contribution in [0.2, 0.25) is 0 Å². The number of nitrogens with one attached hydrogen (secondary N) is 1. The molecule has 3 N–H and O–H groups in total. The Morgan fingerprint density at radius 2 is 0.676 bits per heavy atom. The van der Waals surface area contributed by atoms with E-state index in [-0.39, 0.29) is 18.5 Å². The van der Waals surface area contributed by atoms with Crippen LogP contribution in [0.4, 0.5) is 0 Å². The second-order valence-corrected chi connectivity index (χ2v) is 22.8. The van der Waals surface area contributed by atoms with Crippen LogP contribution in [-0.2, 0) is 14.3 Å². The van der Waals surface area contributed by atoms with E-state index in [1.54, 1.807) is 0 Å². The van der Waals surface area contributed by atoms with E-state index in [4.69, 9.17) is 4.74 Å². The molecule has 0 saturated heterocycles. The van der Waals surface area contributed by atoms with Crippen LogP contribution in [0, 0.1) is 0 Å². The summed E-state index contributed by atoms with van der Waals surface area (Å²) in [7, 11) is 0. The summed E-state index contributed by atoms with van der Waals surface area (Å²) in [6, 6.07) is -0.541. The Bertz CT molecular complexity index is 1200. The molecule has 0 aromatic rings. The van der Waals surface area contributed by atoms with E-state index >= 15 is 0 Å². The highest BCUT2D eigenvalue weighted by atomic mass is 16.5. The van der Waals surface area contributed by atoms with Crippen molar-refractivity contribution in [1.82, 2.24) is 5.32 Å². The van der Waals surface area contributed by atoms with E-state index < -0.39 is 12.1 Å². The number of unbranched alkanes of at least 4 members (excludes halogenated alkanes) is 45. The van der Waals surface area contributed by atoms with Gasteiger partial charge in [-0.25, -0.2) is 0 Å². The molecule has 0 heterocycles. The molecule has 1 amide bonds. The van der Waals surface area contributed by atoms with Crippen LogP contribution in [0.5, 0.6) is 0 Å². The van der Waals surface area contributed by atoms with Gasteiger partial charge < -0.3 is 20.3 Å². The van der Waals surface area contributed by atoms with Crippen LogP contribution in [0.3, 0.4) is 0 Å². The van der Waals surface area contributed by atoms with Crippen LogP contribution >= 0.6 is 0 Å². The largest absolute Gasteiger partial charge is 0.466 e. The molecule has 0 radical (unpaired) electrons. The summed E-state index contributed by atoms with van der Waals surface area (Å²) in [6.07, 6.45) is 80.3. The van der Waals surface area contributed by atoms with Crippen molar-refractivity contribution in [2.75, 3.05) is 13.2 Å². The average molecular weight is 1040 g/mol. The summed E-state index contributed by atoms with van der Waals surface area (Å²) in [6.45, 7) is 4.94. The Morgan fingerprint density at radius 1 is 0.378 bits per heavy atom. The highest BCUT2D eigenvalue weighted by Gasteiger charge is 2.20. The number of carbonyl (C=O) groups is 2. The quantitative estimate of drug-likeness (QED) is 0.0320. The number of aliphatic hydroxyl groups is 2. The summed E-state index contributed by atoms with van der Waals surface area (Å²) in [5.74, 6) is -0.0314. The van der Waals surface area contributed by atoms with Gasteiger partial charge in [0.05, 0.1) is 25.4 Å². The summed E-state index contributed by atoms with van der Waals surface area (Å²) in [5.41, 5.74) is 0. The Labute approximate surface area is 462 Å². The highest BCUT2D eigenvalue weighted by Crippen LogP contribution is 2.18. The van der Waals surface area contributed by atoms with Gasteiger partial charge in [-0.2, -0.15) is 0 Å². The topological polar surface area (TPSA) is 95.9 Å². The maximum atomic E-state index is 12.5. The van der Waals surface area contributed by atoms with E-state index in [9.17, 15) is 19.8 Å². The lowest BCUT2D eigenvalue weighted by atomic mass is 10.0. The predicted octanol–water partition coefficient (Wildman–Crippen LogP) is 21.1. The van der Waals surface area contributed by atoms with Crippen molar-refractivity contribution in [1.29, 1.82) is 0 Å². The molecule has 74 heavy (non-hydrogen) atoms. The van der Waals surface area contributed by atoms with E-state index in [2.05, 4.69) is 55.6 Å². The number of amides is 1. The molecule has 0 saturated carbocycles. The van der Waals surface area contributed by atoms with Crippen LogP contribution < -0.4 is 5.32 Å². The Kier molecular flexibility index (Phi) is 62.0. The molecule has 2 atom stereocenters. The Hall–Kier alpha value is -1.92. The van der Waals surface area contributed by atoms with Gasteiger partial charge in [-0.1, -0.05) is 301 Å². The number of esters is 1. The fraction of sp³-hybridized carbons (Fsp3) is 0.882. The molecule has 0 aliphatic rings. The van der Waals surface area contributed by atoms with Gasteiger partial charge in [-0.05, 0) is 83.5 Å². The Balaban J connectivity index is 3.37. The van der Waals surface area contributed by atoms with Gasteiger partial charge in [0, 0.05) is 12.8 Å². The third-order valence-electron chi connectivity index (χ3n) is 15.4. The van der Waals surface area contributed by atoms with Crippen molar-refractivity contribution < 1.29 is 24.5 Å². The predicted molar refractivity (Wildman–Crippen MR) is 324 cm³/mol. The number of rotatable bonds is 62. The zero-order valence-corrected chi connectivity index (χ0v) is 49.8. The van der Waals surface area contributed by atoms with Crippen molar-refractivity contribution >= 4 is 11.9 Å². The van der Waals surface area contributed by atoms with Gasteiger partial charge in [-0.3, -0.25) is 9.59 Å². The summed E-state index contributed by atoms with van der Waals surface area (Å²) >= 11 is 0. The van der Waals surface area contributed by atoms with Crippen LogP contribution in [0.1, 0.15) is 361 Å². The number of aliphatic hydroxyl groups excluding tert-OH is 2. The van der Waals surface area contributed by atoms with Gasteiger partial charge in [0.2, 0.25) is 5.91 Å². The fourth-order valence-electron chi connectivity index (χ4n) is 10.3. The molecule has 0 aromatic carbocycles. The van der Waals surface area contributed by atoms with Gasteiger partial charge in [-0.15, -0.1) is 0 Å². The van der Waals surface area contributed by atoms with Crippen molar-refractivity contribution in [3.05, 3.63) is 36.5 Å². The van der Waals surface area contributed by atoms with E-state index in [1.165, 1.54) is 276 Å². The lowest BCUT2D eigenvalue weighted by Gasteiger charge is -2.22. The highest BCUT2D eigenvalue weighted by molar-refractivity contribution is 5.76. The molecular formula is C68H129NO5. The number of ether oxygens (including phenoxy) is 1. The number of hydrogen-bond acceptors (Lipinski definition) is 5. The molecule has 0 aromatic heterocycles. The van der Waals surface area contributed by atoms with E-state index in [0.29, 0.717) is 25.9 Å². The van der Waals surface area contributed by atoms with Crippen molar-refractivity contribution in [3.63, 3.8) is 0 Å². The molecule has 0 spiro atoms.